The average Bonchev–Trinajstić information content (AvgIpc) is 2.40. The van der Waals surface area contributed by atoms with Gasteiger partial charge in [-0.05, 0) is 36.1 Å². The van der Waals surface area contributed by atoms with Gasteiger partial charge < -0.3 is 0 Å². The Hall–Kier alpha value is -2.14. The van der Waals surface area contributed by atoms with Crippen LogP contribution in [0.15, 0.2) is 53.1 Å². The summed E-state index contributed by atoms with van der Waals surface area (Å²) in [5.41, 5.74) is 3.04. The van der Waals surface area contributed by atoms with E-state index in [1.807, 2.05) is 30.5 Å². The maximum atomic E-state index is 8.79. The first-order valence-corrected chi connectivity index (χ1v) is 5.73. The summed E-state index contributed by atoms with van der Waals surface area (Å²) in [6.45, 7) is 0.635. The molecule has 1 aromatic rings. The van der Waals surface area contributed by atoms with E-state index in [1.165, 1.54) is 5.57 Å². The number of aliphatic imine (C=N–C) groups is 1. The Balaban J connectivity index is 1.97. The van der Waals surface area contributed by atoms with Gasteiger partial charge >= 0.3 is 0 Å². The molecule has 0 saturated carbocycles. The molecule has 0 radical (unpaired) electrons. The maximum absolute atomic E-state index is 8.79. The van der Waals surface area contributed by atoms with Crippen molar-refractivity contribution in [3.8, 4) is 6.07 Å². The van der Waals surface area contributed by atoms with Crippen molar-refractivity contribution in [2.45, 2.75) is 19.4 Å². The summed E-state index contributed by atoms with van der Waals surface area (Å²) in [4.78, 5) is 4.40. The molecule has 2 nitrogen and oxygen atoms in total. The van der Waals surface area contributed by atoms with Crippen molar-refractivity contribution in [3.05, 3.63) is 59.2 Å². The third-order valence-corrected chi connectivity index (χ3v) is 2.63. The van der Waals surface area contributed by atoms with Crippen molar-refractivity contribution in [1.82, 2.24) is 0 Å². The highest BCUT2D eigenvalue weighted by Crippen LogP contribution is 2.10. The maximum Gasteiger partial charge on any atom is 0.0991 e. The van der Waals surface area contributed by atoms with Gasteiger partial charge in [-0.15, -0.1) is 0 Å². The minimum absolute atomic E-state index is 0.635. The lowest BCUT2D eigenvalue weighted by atomic mass is 10.1. The van der Waals surface area contributed by atoms with Crippen molar-refractivity contribution in [3.63, 3.8) is 0 Å². The van der Waals surface area contributed by atoms with Gasteiger partial charge in [0.25, 0.3) is 0 Å². The van der Waals surface area contributed by atoms with Gasteiger partial charge in [0.05, 0.1) is 18.2 Å². The molecule has 2 rings (SSSR count). The van der Waals surface area contributed by atoms with E-state index in [9.17, 15) is 0 Å². The summed E-state index contributed by atoms with van der Waals surface area (Å²) in [5.74, 6) is 0. The van der Waals surface area contributed by atoms with Crippen molar-refractivity contribution >= 4 is 6.21 Å². The van der Waals surface area contributed by atoms with Crippen molar-refractivity contribution in [1.29, 1.82) is 5.26 Å². The zero-order chi connectivity index (χ0) is 11.9. The first kappa shape index (κ1) is 11.3. The second-order valence-electron chi connectivity index (χ2n) is 3.99. The summed E-state index contributed by atoms with van der Waals surface area (Å²) in [6, 6.07) is 9.71. The van der Waals surface area contributed by atoms with E-state index < -0.39 is 0 Å². The predicted octanol–water partition coefficient (Wildman–Crippen LogP) is 3.41. The van der Waals surface area contributed by atoms with Crippen molar-refractivity contribution < 1.29 is 0 Å². The predicted molar refractivity (Wildman–Crippen MR) is 69.8 cm³/mol. The Kier molecular flexibility index (Phi) is 3.88. The van der Waals surface area contributed by atoms with Gasteiger partial charge in [-0.3, -0.25) is 4.99 Å². The lowest BCUT2D eigenvalue weighted by Crippen LogP contribution is -1.90. The fourth-order valence-corrected chi connectivity index (χ4v) is 1.74. The molecule has 0 aliphatic heterocycles. The molecule has 0 heterocycles. The van der Waals surface area contributed by atoms with Gasteiger partial charge in [-0.1, -0.05) is 30.4 Å². The summed E-state index contributed by atoms with van der Waals surface area (Å²) in [6.07, 6.45) is 10.4. The molecule has 0 atom stereocenters. The minimum Gasteiger partial charge on any atom is -0.288 e. The highest BCUT2D eigenvalue weighted by atomic mass is 14.7. The van der Waals surface area contributed by atoms with E-state index in [2.05, 4.69) is 29.3 Å². The first-order valence-electron chi connectivity index (χ1n) is 5.73. The molecule has 0 bridgehead atoms. The van der Waals surface area contributed by atoms with Crippen molar-refractivity contribution in [2.75, 3.05) is 0 Å². The van der Waals surface area contributed by atoms with E-state index >= 15 is 0 Å². The number of nitriles is 1. The van der Waals surface area contributed by atoms with Crippen LogP contribution in [0, 0.1) is 11.3 Å². The minimum atomic E-state index is 0.635. The molecule has 2 heteroatoms. The molecule has 0 amide bonds. The van der Waals surface area contributed by atoms with Crippen LogP contribution < -0.4 is 0 Å². The fraction of sp³-hybridized carbons (Fsp3) is 0.200. The highest BCUT2D eigenvalue weighted by molar-refractivity contribution is 5.79. The summed E-state index contributed by atoms with van der Waals surface area (Å²) in [7, 11) is 0. The van der Waals surface area contributed by atoms with Crippen LogP contribution in [0.3, 0.4) is 0 Å². The zero-order valence-electron chi connectivity index (χ0n) is 9.63. The molecular formula is C15H14N2. The second kappa shape index (κ2) is 5.81. The van der Waals surface area contributed by atoms with E-state index in [1.54, 1.807) is 0 Å². The summed E-state index contributed by atoms with van der Waals surface area (Å²) in [5, 5.41) is 8.79. The number of benzene rings is 1. The van der Waals surface area contributed by atoms with E-state index in [4.69, 9.17) is 5.26 Å². The standard InChI is InChI=1S/C15H14N2/c16-10-14-7-4-8-15(9-14)12-17-11-13-5-2-1-3-6-13/h1-2,4-5,7-9,11H,3,6,12H2. The number of hydrogen-bond donors (Lipinski definition) is 0. The van der Waals surface area contributed by atoms with Crippen LogP contribution in [0.25, 0.3) is 0 Å². The van der Waals surface area contributed by atoms with Crippen LogP contribution in [0.1, 0.15) is 24.0 Å². The molecule has 1 aliphatic carbocycles. The van der Waals surface area contributed by atoms with Crippen LogP contribution in [0.5, 0.6) is 0 Å². The van der Waals surface area contributed by atoms with E-state index in [0.29, 0.717) is 12.1 Å². The van der Waals surface area contributed by atoms with E-state index in [-0.39, 0.29) is 0 Å². The topological polar surface area (TPSA) is 36.1 Å². The van der Waals surface area contributed by atoms with Gasteiger partial charge in [0.15, 0.2) is 0 Å². The molecule has 0 aromatic heterocycles. The van der Waals surface area contributed by atoms with Crippen molar-refractivity contribution in [2.24, 2.45) is 4.99 Å². The van der Waals surface area contributed by atoms with Crippen LogP contribution in [-0.4, -0.2) is 6.21 Å². The molecule has 0 N–H and O–H groups in total. The molecule has 84 valence electrons. The summed E-state index contributed by atoms with van der Waals surface area (Å²) < 4.78 is 0. The SMILES string of the molecule is N#Cc1cccc(CN=CC2=CC=CCC2)c1. The fourth-order valence-electron chi connectivity index (χ4n) is 1.74. The third kappa shape index (κ3) is 3.42. The number of rotatable bonds is 3. The Morgan fingerprint density at radius 2 is 2.35 bits per heavy atom. The molecular weight excluding hydrogens is 208 g/mol. The zero-order valence-corrected chi connectivity index (χ0v) is 9.63. The lowest BCUT2D eigenvalue weighted by Gasteiger charge is -2.02. The lowest BCUT2D eigenvalue weighted by molar-refractivity contribution is 0.998. The average molecular weight is 222 g/mol. The number of nitrogens with zero attached hydrogens (tertiary/aromatic N) is 2. The number of hydrogen-bond acceptors (Lipinski definition) is 2. The molecule has 0 saturated heterocycles. The third-order valence-electron chi connectivity index (χ3n) is 2.63. The van der Waals surface area contributed by atoms with Gasteiger partial charge in [-0.25, -0.2) is 0 Å². The Bertz CT molecular complexity index is 516. The largest absolute Gasteiger partial charge is 0.288 e. The van der Waals surface area contributed by atoms with Crippen LogP contribution in [0.2, 0.25) is 0 Å². The molecule has 1 aliphatic rings. The first-order chi connectivity index (χ1) is 8.38. The van der Waals surface area contributed by atoms with Crippen LogP contribution in [-0.2, 0) is 6.54 Å². The number of allylic oxidation sites excluding steroid dienone is 4. The second-order valence-corrected chi connectivity index (χ2v) is 3.99. The molecule has 0 spiro atoms. The molecule has 0 unspecified atom stereocenters. The monoisotopic (exact) mass is 222 g/mol. The Labute approximate surface area is 102 Å². The molecule has 17 heavy (non-hydrogen) atoms. The highest BCUT2D eigenvalue weighted by Gasteiger charge is 1.96. The van der Waals surface area contributed by atoms with E-state index in [0.717, 1.165) is 18.4 Å². The normalized spacial score (nSPS) is 14.6. The molecule has 0 fully saturated rings. The Morgan fingerprint density at radius 3 is 3.12 bits per heavy atom. The van der Waals surface area contributed by atoms with Gasteiger partial charge in [0.1, 0.15) is 0 Å². The van der Waals surface area contributed by atoms with Crippen LogP contribution in [0.4, 0.5) is 0 Å². The van der Waals surface area contributed by atoms with Gasteiger partial charge in [0, 0.05) is 6.21 Å². The van der Waals surface area contributed by atoms with Crippen LogP contribution >= 0.6 is 0 Å². The molecule has 1 aromatic carbocycles. The van der Waals surface area contributed by atoms with Gasteiger partial charge in [0.2, 0.25) is 0 Å². The Morgan fingerprint density at radius 1 is 1.41 bits per heavy atom. The van der Waals surface area contributed by atoms with Gasteiger partial charge in [-0.2, -0.15) is 5.26 Å². The quantitative estimate of drug-likeness (QED) is 0.722. The summed E-state index contributed by atoms with van der Waals surface area (Å²) >= 11 is 0. The smallest absolute Gasteiger partial charge is 0.0991 e.